The lowest BCUT2D eigenvalue weighted by molar-refractivity contribution is -0.129. The first-order valence-electron chi connectivity index (χ1n) is 10.9. The molecule has 3 heterocycles. The number of nitrogens with one attached hydrogen (secondary N) is 1. The third-order valence-corrected chi connectivity index (χ3v) is 6.46. The summed E-state index contributed by atoms with van der Waals surface area (Å²) in [4.78, 5) is 25.2. The van der Waals surface area contributed by atoms with Crippen LogP contribution in [0.3, 0.4) is 0 Å². The minimum atomic E-state index is -0.426. The van der Waals surface area contributed by atoms with Crippen molar-refractivity contribution in [3.63, 3.8) is 0 Å². The average molecular weight is 409 g/mol. The molecule has 0 radical (unpaired) electrons. The molecule has 5 rings (SSSR count). The van der Waals surface area contributed by atoms with Gasteiger partial charge in [0.05, 0.1) is 24.9 Å². The van der Waals surface area contributed by atoms with Crippen LogP contribution in [0.15, 0.2) is 35.1 Å². The maximum absolute atomic E-state index is 12.7. The fourth-order valence-electron chi connectivity index (χ4n) is 4.76. The van der Waals surface area contributed by atoms with E-state index in [1.807, 2.05) is 18.2 Å². The van der Waals surface area contributed by atoms with Gasteiger partial charge in [-0.05, 0) is 50.2 Å². The maximum atomic E-state index is 12.7. The van der Waals surface area contributed by atoms with Crippen molar-refractivity contribution >= 4 is 5.91 Å². The molecule has 1 amide bonds. The predicted molar refractivity (Wildman–Crippen MR) is 110 cm³/mol. The predicted octanol–water partition coefficient (Wildman–Crippen LogP) is 2.31. The van der Waals surface area contributed by atoms with Crippen molar-refractivity contribution in [2.45, 2.75) is 69.7 Å². The summed E-state index contributed by atoms with van der Waals surface area (Å²) < 4.78 is 13.0. The van der Waals surface area contributed by atoms with Crippen LogP contribution in [0.25, 0.3) is 0 Å². The molecule has 0 bridgehead atoms. The van der Waals surface area contributed by atoms with Gasteiger partial charge < -0.3 is 14.8 Å². The molecule has 7 heteroatoms. The summed E-state index contributed by atoms with van der Waals surface area (Å²) in [5.74, 6) is 0.785. The first-order chi connectivity index (χ1) is 14.7. The highest BCUT2D eigenvalue weighted by Crippen LogP contribution is 2.29. The third-order valence-electron chi connectivity index (χ3n) is 6.46. The number of amides is 1. The lowest BCUT2D eigenvalue weighted by Gasteiger charge is -2.32. The molecule has 30 heavy (non-hydrogen) atoms. The van der Waals surface area contributed by atoms with Crippen LogP contribution in [-0.4, -0.2) is 34.4 Å². The molecule has 1 N–H and O–H groups in total. The summed E-state index contributed by atoms with van der Waals surface area (Å²) in [5.41, 5.74) is 3.00. The molecule has 158 valence electrons. The van der Waals surface area contributed by atoms with E-state index in [9.17, 15) is 9.59 Å². The molecule has 7 nitrogen and oxygen atoms in total. The number of ether oxygens (including phenoxy) is 2. The van der Waals surface area contributed by atoms with E-state index in [1.165, 1.54) is 0 Å². The highest BCUT2D eigenvalue weighted by molar-refractivity contribution is 5.81. The Morgan fingerprint density at radius 2 is 1.90 bits per heavy atom. The zero-order chi connectivity index (χ0) is 20.5. The molecule has 3 aliphatic rings. The molecule has 0 spiro atoms. The zero-order valence-electron chi connectivity index (χ0n) is 17.0. The van der Waals surface area contributed by atoms with Crippen molar-refractivity contribution in [3.05, 3.63) is 57.5 Å². The molecule has 1 aromatic heterocycles. The Morgan fingerprint density at radius 3 is 2.77 bits per heavy atom. The normalized spacial score (nSPS) is 25.5. The molecule has 2 aliphatic heterocycles. The van der Waals surface area contributed by atoms with Crippen molar-refractivity contribution in [1.82, 2.24) is 15.1 Å². The third kappa shape index (κ3) is 3.86. The van der Waals surface area contributed by atoms with Gasteiger partial charge in [-0.15, -0.1) is 0 Å². The van der Waals surface area contributed by atoms with Crippen LogP contribution in [0, 0.1) is 0 Å². The maximum Gasteiger partial charge on any atom is 0.267 e. The second-order valence-corrected chi connectivity index (χ2v) is 8.47. The van der Waals surface area contributed by atoms with Crippen LogP contribution >= 0.6 is 0 Å². The van der Waals surface area contributed by atoms with E-state index in [-0.39, 0.29) is 23.6 Å². The number of carbonyl (C=O) groups is 1. The number of para-hydroxylation sites is 1. The van der Waals surface area contributed by atoms with Crippen LogP contribution in [0.1, 0.15) is 55.0 Å². The fourth-order valence-corrected chi connectivity index (χ4v) is 4.76. The molecule has 0 saturated heterocycles. The molecular weight excluding hydrogens is 382 g/mol. The van der Waals surface area contributed by atoms with Gasteiger partial charge in [-0.2, -0.15) is 5.10 Å². The van der Waals surface area contributed by atoms with E-state index in [4.69, 9.17) is 9.47 Å². The van der Waals surface area contributed by atoms with Gasteiger partial charge >= 0.3 is 0 Å². The summed E-state index contributed by atoms with van der Waals surface area (Å²) in [6, 6.07) is 9.80. The lowest BCUT2D eigenvalue weighted by Crippen LogP contribution is -2.46. The van der Waals surface area contributed by atoms with E-state index in [2.05, 4.69) is 16.5 Å². The summed E-state index contributed by atoms with van der Waals surface area (Å²) in [6.45, 7) is 1.13. The highest BCUT2D eigenvalue weighted by Gasteiger charge is 2.30. The zero-order valence-corrected chi connectivity index (χ0v) is 17.0. The molecule has 2 aromatic rings. The number of rotatable bonds is 3. The van der Waals surface area contributed by atoms with Crippen LogP contribution < -0.4 is 15.6 Å². The quantitative estimate of drug-likeness (QED) is 0.841. The number of benzene rings is 1. The Labute approximate surface area is 175 Å². The molecule has 1 unspecified atom stereocenters. The van der Waals surface area contributed by atoms with Crippen molar-refractivity contribution < 1.29 is 14.3 Å². The van der Waals surface area contributed by atoms with E-state index < -0.39 is 6.10 Å². The summed E-state index contributed by atoms with van der Waals surface area (Å²) >= 11 is 0. The first-order valence-corrected chi connectivity index (χ1v) is 10.9. The number of aromatic nitrogens is 2. The number of aryl methyl sites for hydroxylation is 1. The number of fused-ring (bicyclic) bond motifs is 2. The molecular formula is C23H27N3O4. The standard InChI is InChI=1S/C23H27N3O4/c27-22-13-16-14-29-12-11-19(16)25-26(22)18-8-6-17(7-9-18)24-23(28)21-10-5-15-3-1-2-4-20(15)30-21/h1-4,13,17-18,21H,5-12,14H2,(H,24,28). The molecule has 1 atom stereocenters. The van der Waals surface area contributed by atoms with Crippen molar-refractivity contribution in [1.29, 1.82) is 0 Å². The van der Waals surface area contributed by atoms with E-state index in [0.717, 1.165) is 61.1 Å². The number of hydrogen-bond donors (Lipinski definition) is 1. The Kier molecular flexibility index (Phi) is 5.29. The Morgan fingerprint density at radius 1 is 1.07 bits per heavy atom. The Balaban J connectivity index is 1.18. The van der Waals surface area contributed by atoms with Crippen LogP contribution in [0.2, 0.25) is 0 Å². The molecule has 1 fully saturated rings. The second kappa shape index (κ2) is 8.22. The van der Waals surface area contributed by atoms with Crippen LogP contribution in [0.5, 0.6) is 5.75 Å². The monoisotopic (exact) mass is 409 g/mol. The van der Waals surface area contributed by atoms with Gasteiger partial charge in [0.15, 0.2) is 6.10 Å². The molecule has 1 aromatic carbocycles. The van der Waals surface area contributed by atoms with Crippen molar-refractivity contribution in [2.24, 2.45) is 0 Å². The Hall–Kier alpha value is -2.67. The van der Waals surface area contributed by atoms with Crippen molar-refractivity contribution in [3.8, 4) is 5.75 Å². The van der Waals surface area contributed by atoms with E-state index in [0.29, 0.717) is 19.6 Å². The van der Waals surface area contributed by atoms with Gasteiger partial charge in [-0.1, -0.05) is 18.2 Å². The number of carbonyl (C=O) groups excluding carboxylic acids is 1. The van der Waals surface area contributed by atoms with Crippen LogP contribution in [0.4, 0.5) is 0 Å². The van der Waals surface area contributed by atoms with Gasteiger partial charge in [0.25, 0.3) is 11.5 Å². The second-order valence-electron chi connectivity index (χ2n) is 8.47. The highest BCUT2D eigenvalue weighted by atomic mass is 16.5. The van der Waals surface area contributed by atoms with Gasteiger partial charge in [-0.3, -0.25) is 9.59 Å². The SMILES string of the molecule is O=C(NC1CCC(n2nc3c(cc2=O)COCC3)CC1)C1CCc2ccccc2O1. The number of hydrogen-bond acceptors (Lipinski definition) is 5. The van der Waals surface area contributed by atoms with Gasteiger partial charge in [0, 0.05) is 24.1 Å². The molecule has 1 saturated carbocycles. The average Bonchev–Trinajstić information content (AvgIpc) is 2.79. The van der Waals surface area contributed by atoms with Gasteiger partial charge in [0.2, 0.25) is 0 Å². The first kappa shape index (κ1) is 19.3. The van der Waals surface area contributed by atoms with Crippen molar-refractivity contribution in [2.75, 3.05) is 6.61 Å². The largest absolute Gasteiger partial charge is 0.480 e. The Bertz CT molecular complexity index is 994. The minimum Gasteiger partial charge on any atom is -0.480 e. The summed E-state index contributed by atoms with van der Waals surface area (Å²) in [7, 11) is 0. The smallest absolute Gasteiger partial charge is 0.267 e. The number of nitrogens with zero attached hydrogens (tertiary/aromatic N) is 2. The van der Waals surface area contributed by atoms with E-state index in [1.54, 1.807) is 10.7 Å². The van der Waals surface area contributed by atoms with Crippen LogP contribution in [-0.2, 0) is 29.0 Å². The lowest BCUT2D eigenvalue weighted by atomic mass is 9.90. The van der Waals surface area contributed by atoms with Gasteiger partial charge in [0.1, 0.15) is 5.75 Å². The topological polar surface area (TPSA) is 82.5 Å². The minimum absolute atomic E-state index is 0.0305. The van der Waals surface area contributed by atoms with E-state index >= 15 is 0 Å². The summed E-state index contributed by atoms with van der Waals surface area (Å²) in [5, 5.41) is 7.80. The molecule has 1 aliphatic carbocycles. The van der Waals surface area contributed by atoms with Gasteiger partial charge in [-0.25, -0.2) is 4.68 Å². The fraction of sp³-hybridized carbons (Fsp3) is 0.522. The summed E-state index contributed by atoms with van der Waals surface area (Å²) in [6.07, 6.45) is 5.25.